The van der Waals surface area contributed by atoms with Gasteiger partial charge < -0.3 is 4.74 Å². The van der Waals surface area contributed by atoms with Crippen LogP contribution in [0.1, 0.15) is 45.4 Å². The first-order chi connectivity index (χ1) is 7.95. The first-order valence-corrected chi connectivity index (χ1v) is 7.95. The van der Waals surface area contributed by atoms with E-state index in [9.17, 15) is 13.2 Å². The molecule has 0 amide bonds. The van der Waals surface area contributed by atoms with E-state index in [1.807, 2.05) is 0 Å². The molecule has 1 saturated carbocycles. The molecule has 0 aromatic carbocycles. The molecule has 0 aliphatic heterocycles. The van der Waals surface area contributed by atoms with Gasteiger partial charge in [0.25, 0.3) is 0 Å². The second-order valence-corrected chi connectivity index (χ2v) is 7.34. The summed E-state index contributed by atoms with van der Waals surface area (Å²) in [7, 11) is -1.71. The fraction of sp³-hybridized carbons (Fsp3) is 0.917. The second kappa shape index (κ2) is 6.38. The Balaban J connectivity index is 2.42. The van der Waals surface area contributed by atoms with E-state index in [0.717, 1.165) is 25.7 Å². The molecule has 0 heterocycles. The Morgan fingerprint density at radius 2 is 2.06 bits per heavy atom. The van der Waals surface area contributed by atoms with Crippen LogP contribution in [0.15, 0.2) is 0 Å². The Bertz CT molecular complexity index is 348. The summed E-state index contributed by atoms with van der Waals surface area (Å²) >= 11 is 0. The summed E-state index contributed by atoms with van der Waals surface area (Å²) < 4.78 is 28.6. The van der Waals surface area contributed by atoms with Crippen molar-refractivity contribution >= 4 is 15.8 Å². The molecule has 1 aliphatic carbocycles. The zero-order chi connectivity index (χ0) is 12.9. The number of carbonyl (C=O) groups is 1. The zero-order valence-electron chi connectivity index (χ0n) is 10.6. The number of rotatable bonds is 5. The summed E-state index contributed by atoms with van der Waals surface area (Å²) in [5.41, 5.74) is 0. The van der Waals surface area contributed by atoms with Gasteiger partial charge in [0.1, 0.15) is 0 Å². The highest BCUT2D eigenvalue weighted by atomic mass is 32.2. The molecule has 1 aliphatic rings. The molecule has 0 spiro atoms. The van der Waals surface area contributed by atoms with Gasteiger partial charge >= 0.3 is 5.97 Å². The first kappa shape index (κ1) is 14.5. The van der Waals surface area contributed by atoms with E-state index in [0.29, 0.717) is 12.3 Å². The summed E-state index contributed by atoms with van der Waals surface area (Å²) in [4.78, 5) is 10.9. The quantitative estimate of drug-likeness (QED) is 0.710. The molecule has 100 valence electrons. The van der Waals surface area contributed by atoms with Crippen LogP contribution in [0.2, 0.25) is 0 Å². The summed E-state index contributed by atoms with van der Waals surface area (Å²) in [5.74, 6) is 0.279. The normalized spacial score (nSPS) is 25.5. The van der Waals surface area contributed by atoms with Crippen molar-refractivity contribution in [2.75, 3.05) is 12.9 Å². The first-order valence-electron chi connectivity index (χ1n) is 6.24. The Kier molecular flexibility index (Phi) is 5.43. The number of methoxy groups -OCH3 is 1. The Morgan fingerprint density at radius 1 is 1.35 bits per heavy atom. The third-order valence-corrected chi connectivity index (χ3v) is 5.74. The molecule has 2 unspecified atom stereocenters. The minimum absolute atomic E-state index is 0.111. The van der Waals surface area contributed by atoms with Crippen LogP contribution in [-0.4, -0.2) is 32.5 Å². The van der Waals surface area contributed by atoms with Crippen LogP contribution in [0, 0.1) is 5.92 Å². The van der Waals surface area contributed by atoms with Gasteiger partial charge in [0.15, 0.2) is 9.84 Å². The SMILES string of the molecule is COC(=O)CCCS(=O)(=O)C1CCCC(C)C1. The highest BCUT2D eigenvalue weighted by Crippen LogP contribution is 2.29. The summed E-state index contributed by atoms with van der Waals surface area (Å²) in [6, 6.07) is 0. The molecular weight excluding hydrogens is 240 g/mol. The molecule has 17 heavy (non-hydrogen) atoms. The van der Waals surface area contributed by atoms with E-state index in [1.54, 1.807) is 0 Å². The lowest BCUT2D eigenvalue weighted by molar-refractivity contribution is -0.140. The van der Waals surface area contributed by atoms with Crippen LogP contribution >= 0.6 is 0 Å². The zero-order valence-corrected chi connectivity index (χ0v) is 11.5. The van der Waals surface area contributed by atoms with Crippen molar-refractivity contribution in [1.82, 2.24) is 0 Å². The number of esters is 1. The number of carbonyl (C=O) groups excluding carboxylic acids is 1. The van der Waals surface area contributed by atoms with Crippen LogP contribution in [0.5, 0.6) is 0 Å². The van der Waals surface area contributed by atoms with Crippen molar-refractivity contribution in [3.8, 4) is 0 Å². The van der Waals surface area contributed by atoms with Gasteiger partial charge in [-0.25, -0.2) is 8.42 Å². The number of ether oxygens (including phenoxy) is 1. The lowest BCUT2D eigenvalue weighted by atomic mass is 9.91. The van der Waals surface area contributed by atoms with E-state index in [1.165, 1.54) is 7.11 Å². The lowest BCUT2D eigenvalue weighted by Crippen LogP contribution is -2.29. The molecule has 0 N–H and O–H groups in total. The van der Waals surface area contributed by atoms with Crippen LogP contribution in [-0.2, 0) is 19.4 Å². The van der Waals surface area contributed by atoms with Crippen molar-refractivity contribution in [3.63, 3.8) is 0 Å². The van der Waals surface area contributed by atoms with Crippen molar-refractivity contribution in [3.05, 3.63) is 0 Å². The van der Waals surface area contributed by atoms with E-state index in [4.69, 9.17) is 0 Å². The molecular formula is C12H22O4S. The van der Waals surface area contributed by atoms with Crippen LogP contribution < -0.4 is 0 Å². The van der Waals surface area contributed by atoms with Crippen molar-refractivity contribution in [2.24, 2.45) is 5.92 Å². The molecule has 2 atom stereocenters. The lowest BCUT2D eigenvalue weighted by Gasteiger charge is -2.26. The Morgan fingerprint density at radius 3 is 2.65 bits per heavy atom. The van der Waals surface area contributed by atoms with Gasteiger partial charge in [0.05, 0.1) is 18.1 Å². The number of hydrogen-bond acceptors (Lipinski definition) is 4. The molecule has 1 rings (SSSR count). The van der Waals surface area contributed by atoms with Gasteiger partial charge in [-0.1, -0.05) is 19.8 Å². The average Bonchev–Trinajstić information content (AvgIpc) is 2.28. The monoisotopic (exact) mass is 262 g/mol. The van der Waals surface area contributed by atoms with Gasteiger partial charge in [0, 0.05) is 6.42 Å². The summed E-state index contributed by atoms with van der Waals surface area (Å²) in [6.07, 6.45) is 4.26. The van der Waals surface area contributed by atoms with Gasteiger partial charge in [0.2, 0.25) is 0 Å². The van der Waals surface area contributed by atoms with E-state index < -0.39 is 9.84 Å². The fourth-order valence-corrected chi connectivity index (χ4v) is 4.42. The standard InChI is InChI=1S/C12H22O4S/c1-10-5-3-6-11(9-10)17(14,15)8-4-7-12(13)16-2/h10-11H,3-9H2,1-2H3. The van der Waals surface area contributed by atoms with Crippen LogP contribution in [0.4, 0.5) is 0 Å². The van der Waals surface area contributed by atoms with Crippen molar-refractivity contribution < 1.29 is 17.9 Å². The minimum Gasteiger partial charge on any atom is -0.469 e. The molecule has 5 heteroatoms. The molecule has 0 saturated heterocycles. The maximum Gasteiger partial charge on any atom is 0.305 e. The Labute approximate surface area is 104 Å². The summed E-state index contributed by atoms with van der Waals surface area (Å²) in [6.45, 7) is 2.11. The third kappa shape index (κ3) is 4.66. The van der Waals surface area contributed by atoms with Crippen molar-refractivity contribution in [2.45, 2.75) is 50.7 Å². The topological polar surface area (TPSA) is 60.4 Å². The van der Waals surface area contributed by atoms with Gasteiger partial charge in [-0.15, -0.1) is 0 Å². The van der Waals surface area contributed by atoms with Gasteiger partial charge in [-0.2, -0.15) is 0 Å². The highest BCUT2D eigenvalue weighted by molar-refractivity contribution is 7.92. The van der Waals surface area contributed by atoms with Crippen molar-refractivity contribution in [1.29, 1.82) is 0 Å². The third-order valence-electron chi connectivity index (χ3n) is 3.43. The van der Waals surface area contributed by atoms with E-state index >= 15 is 0 Å². The highest BCUT2D eigenvalue weighted by Gasteiger charge is 2.29. The van der Waals surface area contributed by atoms with E-state index in [2.05, 4.69) is 11.7 Å². The maximum absolute atomic E-state index is 12.0. The molecule has 0 bridgehead atoms. The molecule has 1 fully saturated rings. The van der Waals surface area contributed by atoms with Crippen LogP contribution in [0.3, 0.4) is 0 Å². The molecule has 0 aromatic heterocycles. The second-order valence-electron chi connectivity index (χ2n) is 4.94. The fourth-order valence-electron chi connectivity index (χ4n) is 2.39. The van der Waals surface area contributed by atoms with E-state index in [-0.39, 0.29) is 23.4 Å². The number of hydrogen-bond donors (Lipinski definition) is 0. The largest absolute Gasteiger partial charge is 0.469 e. The predicted molar refractivity (Wildman–Crippen MR) is 66.5 cm³/mol. The van der Waals surface area contributed by atoms with Gasteiger partial charge in [-0.05, 0) is 25.2 Å². The molecule has 0 radical (unpaired) electrons. The molecule has 0 aromatic rings. The maximum atomic E-state index is 12.0. The molecule has 4 nitrogen and oxygen atoms in total. The predicted octanol–water partition coefficient (Wildman–Crippen LogP) is 1.93. The minimum atomic E-state index is -3.03. The Hall–Kier alpha value is -0.580. The number of sulfone groups is 1. The smallest absolute Gasteiger partial charge is 0.305 e. The van der Waals surface area contributed by atoms with Gasteiger partial charge in [-0.3, -0.25) is 4.79 Å². The average molecular weight is 262 g/mol. The van der Waals surface area contributed by atoms with Crippen LogP contribution in [0.25, 0.3) is 0 Å². The summed E-state index contributed by atoms with van der Waals surface area (Å²) in [5, 5.41) is -0.191.